The van der Waals surface area contributed by atoms with Gasteiger partial charge in [-0.2, -0.15) is 0 Å². The molecule has 0 atom stereocenters. The van der Waals surface area contributed by atoms with Gasteiger partial charge in [-0.3, -0.25) is 15.6 Å². The number of nitrogen functional groups attached to an aromatic ring is 1. The Kier molecular flexibility index (Phi) is 5.31. The number of nitrogens with two attached hydrogens (primary N) is 1. The zero-order chi connectivity index (χ0) is 19.2. The Hall–Kier alpha value is -3.88. The summed E-state index contributed by atoms with van der Waals surface area (Å²) in [6, 6.07) is 10.5. The molecule has 3 rings (SSSR count). The van der Waals surface area contributed by atoms with Crippen molar-refractivity contribution in [3.8, 4) is 5.75 Å². The highest BCUT2D eigenvalue weighted by molar-refractivity contribution is 5.95. The first-order valence-electron chi connectivity index (χ1n) is 8.08. The predicted octanol–water partition coefficient (Wildman–Crippen LogP) is 2.27. The summed E-state index contributed by atoms with van der Waals surface area (Å²) in [6.45, 7) is 1.92. The molecule has 0 radical (unpaired) electrons. The third-order valence-corrected chi connectivity index (χ3v) is 3.78. The van der Waals surface area contributed by atoms with Gasteiger partial charge in [-0.1, -0.05) is 6.07 Å². The van der Waals surface area contributed by atoms with Gasteiger partial charge in [0.2, 0.25) is 0 Å². The third kappa shape index (κ3) is 4.21. The molecule has 1 aromatic carbocycles. The number of carbonyl (C=O) groups is 1. The van der Waals surface area contributed by atoms with Crippen LogP contribution in [-0.4, -0.2) is 28.0 Å². The normalized spacial score (nSPS) is 10.1. The van der Waals surface area contributed by atoms with Gasteiger partial charge in [0.25, 0.3) is 5.91 Å². The van der Waals surface area contributed by atoms with Crippen molar-refractivity contribution in [1.82, 2.24) is 20.4 Å². The van der Waals surface area contributed by atoms with E-state index >= 15 is 0 Å². The maximum atomic E-state index is 12.2. The molecular formula is C18H19N7O2. The Bertz CT molecular complexity index is 945. The molecule has 3 aromatic rings. The van der Waals surface area contributed by atoms with Gasteiger partial charge >= 0.3 is 0 Å². The van der Waals surface area contributed by atoms with E-state index in [1.54, 1.807) is 37.6 Å². The van der Waals surface area contributed by atoms with Gasteiger partial charge in [-0.25, -0.2) is 15.0 Å². The van der Waals surface area contributed by atoms with Gasteiger partial charge < -0.3 is 15.8 Å². The van der Waals surface area contributed by atoms with Gasteiger partial charge in [-0.15, -0.1) is 0 Å². The van der Waals surface area contributed by atoms with Crippen molar-refractivity contribution in [2.24, 2.45) is 0 Å². The number of hydrazine groups is 1. The maximum Gasteiger partial charge on any atom is 0.269 e. The highest BCUT2D eigenvalue weighted by atomic mass is 16.5. The van der Waals surface area contributed by atoms with Crippen LogP contribution in [0.25, 0.3) is 0 Å². The highest BCUT2D eigenvalue weighted by Crippen LogP contribution is 2.25. The zero-order valence-corrected chi connectivity index (χ0v) is 14.9. The van der Waals surface area contributed by atoms with Gasteiger partial charge in [0, 0.05) is 11.8 Å². The molecule has 0 saturated carbocycles. The summed E-state index contributed by atoms with van der Waals surface area (Å²) in [4.78, 5) is 24.6. The molecule has 0 bridgehead atoms. The number of ether oxygens (including phenoxy) is 1. The summed E-state index contributed by atoms with van der Waals surface area (Å²) in [5.74, 6) is 1.61. The number of aryl methyl sites for hydroxylation is 1. The van der Waals surface area contributed by atoms with E-state index in [9.17, 15) is 4.79 Å². The second kappa shape index (κ2) is 8.00. The number of nitrogens with one attached hydrogen (secondary N) is 3. The van der Waals surface area contributed by atoms with Crippen molar-refractivity contribution in [2.75, 3.05) is 23.6 Å². The minimum absolute atomic E-state index is 0.248. The van der Waals surface area contributed by atoms with Crippen molar-refractivity contribution < 1.29 is 9.53 Å². The number of nitrogens with zero attached hydrogens (tertiary/aromatic N) is 3. The second-order valence-corrected chi connectivity index (χ2v) is 5.59. The van der Waals surface area contributed by atoms with E-state index in [1.165, 1.54) is 6.33 Å². The van der Waals surface area contributed by atoms with Crippen molar-refractivity contribution in [3.63, 3.8) is 0 Å². The Balaban J connectivity index is 1.70. The topological polar surface area (TPSA) is 127 Å². The first-order chi connectivity index (χ1) is 13.1. The van der Waals surface area contributed by atoms with E-state index in [-0.39, 0.29) is 17.4 Å². The number of anilines is 4. The lowest BCUT2D eigenvalue weighted by Crippen LogP contribution is -2.30. The molecule has 0 fully saturated rings. The van der Waals surface area contributed by atoms with Crippen molar-refractivity contribution in [2.45, 2.75) is 6.92 Å². The van der Waals surface area contributed by atoms with E-state index in [2.05, 4.69) is 31.1 Å². The Morgan fingerprint density at radius 2 is 1.78 bits per heavy atom. The fourth-order valence-corrected chi connectivity index (χ4v) is 2.25. The summed E-state index contributed by atoms with van der Waals surface area (Å²) in [6.07, 6.45) is 3.00. The molecule has 5 N–H and O–H groups in total. The van der Waals surface area contributed by atoms with Gasteiger partial charge in [0.1, 0.15) is 23.6 Å². The standard InChI is InChI=1S/C18H19N7O2/c1-11-4-3-9-20-15(11)23-16-14(19)17(22-10-21-16)24-25-18(26)12-5-7-13(27-2)8-6-12/h3-10H,19H2,1-2H3,(H,25,26)(H2,20,21,22,23,24). The molecule has 0 unspecified atom stereocenters. The van der Waals surface area contributed by atoms with Crippen LogP contribution in [0.5, 0.6) is 5.75 Å². The van der Waals surface area contributed by atoms with Crippen LogP contribution in [0, 0.1) is 6.92 Å². The predicted molar refractivity (Wildman–Crippen MR) is 103 cm³/mol. The number of hydrogen-bond acceptors (Lipinski definition) is 8. The van der Waals surface area contributed by atoms with E-state index in [1.807, 2.05) is 19.1 Å². The number of benzene rings is 1. The molecule has 2 aromatic heterocycles. The number of carbonyl (C=O) groups excluding carboxylic acids is 1. The zero-order valence-electron chi connectivity index (χ0n) is 14.9. The summed E-state index contributed by atoms with van der Waals surface area (Å²) < 4.78 is 5.07. The van der Waals surface area contributed by atoms with Gasteiger partial charge in [-0.05, 0) is 42.8 Å². The molecule has 9 nitrogen and oxygen atoms in total. The lowest BCUT2D eigenvalue weighted by molar-refractivity contribution is 0.0962. The van der Waals surface area contributed by atoms with Crippen LogP contribution in [0.3, 0.4) is 0 Å². The van der Waals surface area contributed by atoms with Crippen molar-refractivity contribution in [3.05, 3.63) is 60.0 Å². The van der Waals surface area contributed by atoms with Crippen LogP contribution in [0.1, 0.15) is 15.9 Å². The van der Waals surface area contributed by atoms with Crippen LogP contribution in [-0.2, 0) is 0 Å². The second-order valence-electron chi connectivity index (χ2n) is 5.59. The quantitative estimate of drug-likeness (QED) is 0.490. The first kappa shape index (κ1) is 17.9. The third-order valence-electron chi connectivity index (χ3n) is 3.78. The van der Waals surface area contributed by atoms with Crippen molar-refractivity contribution >= 4 is 29.0 Å². The average molecular weight is 365 g/mol. The molecule has 0 saturated heterocycles. The van der Waals surface area contributed by atoms with Gasteiger partial charge in [0.05, 0.1) is 7.11 Å². The number of amides is 1. The lowest BCUT2D eigenvalue weighted by Gasteiger charge is -2.13. The molecule has 1 amide bonds. The van der Waals surface area contributed by atoms with E-state index < -0.39 is 0 Å². The molecule has 138 valence electrons. The molecule has 0 spiro atoms. The highest BCUT2D eigenvalue weighted by Gasteiger charge is 2.11. The number of aromatic nitrogens is 3. The van der Waals surface area contributed by atoms with Crippen LogP contribution >= 0.6 is 0 Å². The summed E-state index contributed by atoms with van der Waals surface area (Å²) >= 11 is 0. The molecule has 9 heteroatoms. The Morgan fingerprint density at radius 1 is 1.04 bits per heavy atom. The minimum atomic E-state index is -0.342. The summed E-state index contributed by atoms with van der Waals surface area (Å²) in [5.41, 5.74) is 13.0. The monoisotopic (exact) mass is 365 g/mol. The fourth-order valence-electron chi connectivity index (χ4n) is 2.25. The van der Waals surface area contributed by atoms with Crippen LogP contribution < -0.4 is 26.6 Å². The molecule has 0 aliphatic rings. The average Bonchev–Trinajstić information content (AvgIpc) is 2.70. The number of hydrogen-bond donors (Lipinski definition) is 4. The Labute approximate surface area is 156 Å². The largest absolute Gasteiger partial charge is 0.497 e. The van der Waals surface area contributed by atoms with Crippen LogP contribution in [0.4, 0.5) is 23.1 Å². The Morgan fingerprint density at radius 3 is 2.48 bits per heavy atom. The van der Waals surface area contributed by atoms with Gasteiger partial charge in [0.15, 0.2) is 11.6 Å². The maximum absolute atomic E-state index is 12.2. The molecule has 2 heterocycles. The fraction of sp³-hybridized carbons (Fsp3) is 0.111. The molecular weight excluding hydrogens is 346 g/mol. The van der Waals surface area contributed by atoms with E-state index in [0.29, 0.717) is 22.9 Å². The number of methoxy groups -OCH3 is 1. The smallest absolute Gasteiger partial charge is 0.269 e. The molecule has 0 aliphatic heterocycles. The first-order valence-corrected chi connectivity index (χ1v) is 8.08. The summed E-state index contributed by atoms with van der Waals surface area (Å²) in [5, 5.41) is 3.06. The number of pyridine rings is 1. The minimum Gasteiger partial charge on any atom is -0.497 e. The molecule has 0 aliphatic carbocycles. The molecule has 27 heavy (non-hydrogen) atoms. The SMILES string of the molecule is COc1ccc(C(=O)NNc2ncnc(Nc3ncccc3C)c2N)cc1. The van der Waals surface area contributed by atoms with Crippen LogP contribution in [0.15, 0.2) is 48.9 Å². The van der Waals surface area contributed by atoms with Crippen molar-refractivity contribution in [1.29, 1.82) is 0 Å². The van der Waals surface area contributed by atoms with E-state index in [0.717, 1.165) is 5.56 Å². The lowest BCUT2D eigenvalue weighted by atomic mass is 10.2. The van der Waals surface area contributed by atoms with E-state index in [4.69, 9.17) is 10.5 Å². The van der Waals surface area contributed by atoms with Crippen LogP contribution in [0.2, 0.25) is 0 Å². The summed E-state index contributed by atoms with van der Waals surface area (Å²) in [7, 11) is 1.56. The number of rotatable bonds is 6.